The zero-order valence-corrected chi connectivity index (χ0v) is 9.98. The number of hydrogen-bond acceptors (Lipinski definition) is 3. The van der Waals surface area contributed by atoms with Gasteiger partial charge in [-0.15, -0.1) is 0 Å². The second-order valence-corrected chi connectivity index (χ2v) is 5.20. The van der Waals surface area contributed by atoms with Gasteiger partial charge < -0.3 is 10.4 Å². The summed E-state index contributed by atoms with van der Waals surface area (Å²) < 4.78 is 0. The summed E-state index contributed by atoms with van der Waals surface area (Å²) in [6.07, 6.45) is 4.49. The second-order valence-electron chi connectivity index (χ2n) is 5.20. The molecule has 1 amide bonds. The number of piperidine rings is 1. The molecule has 1 saturated heterocycles. The molecule has 0 aromatic heterocycles. The number of aliphatic hydroxyl groups excluding tert-OH is 1. The lowest BCUT2D eigenvalue weighted by molar-refractivity contribution is -0.120. The van der Waals surface area contributed by atoms with Crippen molar-refractivity contribution < 1.29 is 9.90 Å². The summed E-state index contributed by atoms with van der Waals surface area (Å²) in [7, 11) is 0. The monoisotopic (exact) mass is 226 g/mol. The smallest absolute Gasteiger partial charge is 0.217 e. The van der Waals surface area contributed by atoms with Crippen LogP contribution >= 0.6 is 0 Å². The number of hydrogen-bond donors (Lipinski definition) is 2. The van der Waals surface area contributed by atoms with E-state index in [1.54, 1.807) is 6.92 Å². The number of likely N-dealkylation sites (tertiary alicyclic amines) is 1. The molecule has 0 spiro atoms. The first-order valence-corrected chi connectivity index (χ1v) is 6.31. The Labute approximate surface area is 97.0 Å². The van der Waals surface area contributed by atoms with Gasteiger partial charge in [0.25, 0.3) is 0 Å². The summed E-state index contributed by atoms with van der Waals surface area (Å²) in [6.45, 7) is 3.93. The van der Waals surface area contributed by atoms with Crippen molar-refractivity contribution in [3.05, 3.63) is 0 Å². The van der Waals surface area contributed by atoms with Gasteiger partial charge in [0.1, 0.15) is 0 Å². The average molecular weight is 226 g/mol. The third-order valence-corrected chi connectivity index (χ3v) is 3.57. The summed E-state index contributed by atoms with van der Waals surface area (Å²) >= 11 is 0. The Hall–Kier alpha value is -0.610. The molecule has 4 nitrogen and oxygen atoms in total. The first-order chi connectivity index (χ1) is 7.69. The molecule has 0 aromatic carbocycles. The molecule has 0 bridgehead atoms. The van der Waals surface area contributed by atoms with Gasteiger partial charge in [-0.2, -0.15) is 0 Å². The minimum Gasteiger partial charge on any atom is -0.396 e. The van der Waals surface area contributed by atoms with Crippen LogP contribution in [0.4, 0.5) is 0 Å². The predicted molar refractivity (Wildman–Crippen MR) is 62.0 cm³/mol. The summed E-state index contributed by atoms with van der Waals surface area (Å²) in [5.41, 5.74) is 0. The van der Waals surface area contributed by atoms with Crippen LogP contribution in [0.2, 0.25) is 0 Å². The lowest BCUT2D eigenvalue weighted by Gasteiger charge is -2.38. The Balaban J connectivity index is 1.89. The number of rotatable bonds is 4. The summed E-state index contributed by atoms with van der Waals surface area (Å²) in [4.78, 5) is 13.6. The number of amides is 1. The van der Waals surface area contributed by atoms with E-state index in [0.717, 1.165) is 32.0 Å². The number of nitrogens with zero attached hydrogens (tertiary/aromatic N) is 1. The van der Waals surface area contributed by atoms with Gasteiger partial charge in [0.05, 0.1) is 0 Å². The fourth-order valence-corrected chi connectivity index (χ4v) is 2.76. The molecule has 1 aliphatic carbocycles. The summed E-state index contributed by atoms with van der Waals surface area (Å²) in [6, 6.07) is 1.03. The third kappa shape index (κ3) is 3.19. The first-order valence-electron chi connectivity index (χ1n) is 6.31. The van der Waals surface area contributed by atoms with Crippen LogP contribution in [-0.2, 0) is 4.79 Å². The Kier molecular flexibility index (Phi) is 3.82. The molecule has 92 valence electrons. The quantitative estimate of drug-likeness (QED) is 0.727. The van der Waals surface area contributed by atoms with Crippen LogP contribution in [0, 0.1) is 5.92 Å². The molecular weight excluding hydrogens is 204 g/mol. The van der Waals surface area contributed by atoms with Crippen LogP contribution in [0.3, 0.4) is 0 Å². The van der Waals surface area contributed by atoms with Crippen molar-refractivity contribution in [2.24, 2.45) is 5.92 Å². The lowest BCUT2D eigenvalue weighted by Crippen LogP contribution is -2.51. The predicted octanol–water partition coefficient (Wildman–Crippen LogP) is 0.358. The lowest BCUT2D eigenvalue weighted by atomic mass is 9.91. The second kappa shape index (κ2) is 5.15. The third-order valence-electron chi connectivity index (χ3n) is 3.57. The zero-order valence-electron chi connectivity index (χ0n) is 9.98. The molecule has 16 heavy (non-hydrogen) atoms. The highest BCUT2D eigenvalue weighted by molar-refractivity contribution is 5.73. The molecule has 4 heteroatoms. The number of carbonyl (C=O) groups excluding carboxylic acids is 1. The molecule has 2 aliphatic rings. The van der Waals surface area contributed by atoms with E-state index in [1.165, 1.54) is 12.8 Å². The fourth-order valence-electron chi connectivity index (χ4n) is 2.76. The highest BCUT2D eigenvalue weighted by Gasteiger charge is 2.35. The summed E-state index contributed by atoms with van der Waals surface area (Å²) in [5, 5.41) is 12.0. The maximum atomic E-state index is 11.1. The molecule has 1 saturated carbocycles. The Morgan fingerprint density at radius 2 is 2.19 bits per heavy atom. The molecule has 2 atom stereocenters. The van der Waals surface area contributed by atoms with Gasteiger partial charge in [0, 0.05) is 38.7 Å². The molecular formula is C12H22N2O2. The molecule has 2 N–H and O–H groups in total. The van der Waals surface area contributed by atoms with Crippen LogP contribution < -0.4 is 5.32 Å². The van der Waals surface area contributed by atoms with Crippen LogP contribution in [-0.4, -0.2) is 47.7 Å². The maximum absolute atomic E-state index is 11.1. The first kappa shape index (κ1) is 11.9. The van der Waals surface area contributed by atoms with Crippen LogP contribution in [0.25, 0.3) is 0 Å². The average Bonchev–Trinajstić information content (AvgIpc) is 2.99. The van der Waals surface area contributed by atoms with E-state index in [0.29, 0.717) is 5.92 Å². The van der Waals surface area contributed by atoms with Crippen LogP contribution in [0.5, 0.6) is 0 Å². The van der Waals surface area contributed by atoms with E-state index >= 15 is 0 Å². The van der Waals surface area contributed by atoms with Gasteiger partial charge in [-0.05, 0) is 31.6 Å². The normalized spacial score (nSPS) is 31.4. The van der Waals surface area contributed by atoms with E-state index < -0.39 is 0 Å². The van der Waals surface area contributed by atoms with E-state index in [1.807, 2.05) is 0 Å². The molecule has 1 aliphatic heterocycles. The van der Waals surface area contributed by atoms with E-state index in [2.05, 4.69) is 10.2 Å². The highest BCUT2D eigenvalue weighted by Crippen LogP contribution is 2.31. The Morgan fingerprint density at radius 3 is 2.75 bits per heavy atom. The van der Waals surface area contributed by atoms with Crippen molar-refractivity contribution in [2.75, 3.05) is 19.7 Å². The molecule has 0 radical (unpaired) electrons. The van der Waals surface area contributed by atoms with Crippen molar-refractivity contribution >= 4 is 5.91 Å². The Morgan fingerprint density at radius 1 is 1.44 bits per heavy atom. The maximum Gasteiger partial charge on any atom is 0.217 e. The molecule has 2 fully saturated rings. The number of aliphatic hydroxyl groups is 1. The molecule has 2 rings (SSSR count). The van der Waals surface area contributed by atoms with Crippen molar-refractivity contribution in [2.45, 2.75) is 44.7 Å². The fraction of sp³-hybridized carbons (Fsp3) is 0.917. The zero-order chi connectivity index (χ0) is 11.5. The van der Waals surface area contributed by atoms with Gasteiger partial charge in [-0.25, -0.2) is 0 Å². The van der Waals surface area contributed by atoms with E-state index in [9.17, 15) is 4.79 Å². The minimum atomic E-state index is 0.0606. The number of nitrogens with one attached hydrogen (secondary N) is 1. The summed E-state index contributed by atoms with van der Waals surface area (Å²) in [5.74, 6) is 0.599. The molecule has 0 aromatic rings. The van der Waals surface area contributed by atoms with Crippen molar-refractivity contribution in [1.29, 1.82) is 0 Å². The van der Waals surface area contributed by atoms with Crippen molar-refractivity contribution in [3.63, 3.8) is 0 Å². The SMILES string of the molecule is CC(=O)NC1CC(CCO)CN(C2CC2)C1. The highest BCUT2D eigenvalue weighted by atomic mass is 16.3. The van der Waals surface area contributed by atoms with Crippen LogP contribution in [0.1, 0.15) is 32.6 Å². The Bertz CT molecular complexity index is 253. The number of carbonyl (C=O) groups is 1. The van der Waals surface area contributed by atoms with Crippen molar-refractivity contribution in [1.82, 2.24) is 10.2 Å². The van der Waals surface area contributed by atoms with Gasteiger partial charge >= 0.3 is 0 Å². The molecule has 1 heterocycles. The molecule has 2 unspecified atom stereocenters. The van der Waals surface area contributed by atoms with Crippen LogP contribution in [0.15, 0.2) is 0 Å². The topological polar surface area (TPSA) is 52.6 Å². The largest absolute Gasteiger partial charge is 0.396 e. The van der Waals surface area contributed by atoms with E-state index in [-0.39, 0.29) is 18.6 Å². The van der Waals surface area contributed by atoms with Gasteiger partial charge in [0.15, 0.2) is 0 Å². The van der Waals surface area contributed by atoms with Gasteiger partial charge in [-0.3, -0.25) is 9.69 Å². The van der Waals surface area contributed by atoms with Crippen molar-refractivity contribution in [3.8, 4) is 0 Å². The van der Waals surface area contributed by atoms with Gasteiger partial charge in [0.2, 0.25) is 5.91 Å². The standard InChI is InChI=1S/C12H22N2O2/c1-9(16)13-11-6-10(4-5-15)7-14(8-11)12-2-3-12/h10-12,15H,2-8H2,1H3,(H,13,16). The van der Waals surface area contributed by atoms with Gasteiger partial charge in [-0.1, -0.05) is 0 Å². The van der Waals surface area contributed by atoms with E-state index in [4.69, 9.17) is 5.11 Å². The minimum absolute atomic E-state index is 0.0606.